The maximum atomic E-state index is 11.9. The number of hydrogen-bond acceptors (Lipinski definition) is 5. The van der Waals surface area contributed by atoms with E-state index >= 15 is 0 Å². The van der Waals surface area contributed by atoms with Crippen molar-refractivity contribution >= 4 is 27.4 Å². The summed E-state index contributed by atoms with van der Waals surface area (Å²) in [5.41, 5.74) is 13.9. The van der Waals surface area contributed by atoms with Crippen molar-refractivity contribution in [3.63, 3.8) is 0 Å². The Balaban J connectivity index is 1.87. The number of benzene rings is 2. The summed E-state index contributed by atoms with van der Waals surface area (Å²) in [4.78, 5) is -0.0379. The van der Waals surface area contributed by atoms with Crippen LogP contribution in [0.25, 0.3) is 5.69 Å². The zero-order valence-corrected chi connectivity index (χ0v) is 16.1. The van der Waals surface area contributed by atoms with Crippen LogP contribution in [0.2, 0.25) is 0 Å². The average molecular weight is 397 g/mol. The van der Waals surface area contributed by atoms with Gasteiger partial charge in [-0.25, -0.2) is 4.68 Å². The lowest BCUT2D eigenvalue weighted by atomic mass is 10.3. The third-order valence-corrected chi connectivity index (χ3v) is 5.20. The normalized spacial score (nSPS) is 11.6. The summed E-state index contributed by atoms with van der Waals surface area (Å²) < 4.78 is 28.9. The van der Waals surface area contributed by atoms with E-state index in [0.29, 0.717) is 11.4 Å². The quantitative estimate of drug-likeness (QED) is 0.387. The summed E-state index contributed by atoms with van der Waals surface area (Å²) >= 11 is 0. The number of hydrogen-bond donors (Lipinski definition) is 2. The van der Waals surface area contributed by atoms with Gasteiger partial charge in [0.15, 0.2) is 0 Å². The SMILES string of the molecule is Cc1nn(-c2ccccc2)c(C)c1N=Nc1ccc(S(=O)(=O)N=C(N)N)cc1. The van der Waals surface area contributed by atoms with Crippen molar-refractivity contribution in [2.24, 2.45) is 26.1 Å². The Labute approximate surface area is 162 Å². The molecule has 28 heavy (non-hydrogen) atoms. The number of nitrogens with zero attached hydrogens (tertiary/aromatic N) is 5. The Morgan fingerprint density at radius 1 is 0.964 bits per heavy atom. The molecule has 0 spiro atoms. The average Bonchev–Trinajstić information content (AvgIpc) is 2.94. The minimum absolute atomic E-state index is 0.0379. The van der Waals surface area contributed by atoms with Crippen LogP contribution in [0.3, 0.4) is 0 Å². The van der Waals surface area contributed by atoms with Gasteiger partial charge in [0.2, 0.25) is 5.96 Å². The van der Waals surface area contributed by atoms with Crippen molar-refractivity contribution in [2.45, 2.75) is 18.7 Å². The van der Waals surface area contributed by atoms with E-state index in [2.05, 4.69) is 19.7 Å². The molecule has 0 aliphatic heterocycles. The highest BCUT2D eigenvalue weighted by atomic mass is 32.2. The van der Waals surface area contributed by atoms with Crippen LogP contribution < -0.4 is 11.5 Å². The Bertz CT molecular complexity index is 1140. The largest absolute Gasteiger partial charge is 0.369 e. The highest BCUT2D eigenvalue weighted by Crippen LogP contribution is 2.28. The van der Waals surface area contributed by atoms with E-state index in [1.165, 1.54) is 24.3 Å². The molecule has 1 heterocycles. The molecule has 144 valence electrons. The second kappa shape index (κ2) is 7.61. The molecule has 0 aliphatic carbocycles. The van der Waals surface area contributed by atoms with Gasteiger partial charge in [-0.15, -0.1) is 9.51 Å². The fourth-order valence-corrected chi connectivity index (χ4v) is 3.45. The van der Waals surface area contributed by atoms with Crippen LogP contribution in [-0.4, -0.2) is 24.2 Å². The molecule has 0 aliphatic rings. The van der Waals surface area contributed by atoms with Crippen LogP contribution in [0.5, 0.6) is 0 Å². The van der Waals surface area contributed by atoms with E-state index in [9.17, 15) is 8.42 Å². The van der Waals surface area contributed by atoms with Crippen LogP contribution in [0.1, 0.15) is 11.4 Å². The molecule has 2 aromatic carbocycles. The molecular formula is C18H19N7O2S. The molecule has 0 saturated carbocycles. The fraction of sp³-hybridized carbons (Fsp3) is 0.111. The molecule has 0 bridgehead atoms. The summed E-state index contributed by atoms with van der Waals surface area (Å²) in [7, 11) is -3.93. The van der Waals surface area contributed by atoms with Crippen molar-refractivity contribution in [3.8, 4) is 5.69 Å². The first-order chi connectivity index (χ1) is 13.3. The third kappa shape index (κ3) is 4.07. The molecule has 0 saturated heterocycles. The Morgan fingerprint density at radius 3 is 2.21 bits per heavy atom. The maximum absolute atomic E-state index is 11.9. The van der Waals surface area contributed by atoms with Crippen molar-refractivity contribution in [1.29, 1.82) is 0 Å². The van der Waals surface area contributed by atoms with Crippen LogP contribution in [0.4, 0.5) is 11.4 Å². The minimum atomic E-state index is -3.93. The molecule has 0 atom stereocenters. The highest BCUT2D eigenvalue weighted by molar-refractivity contribution is 7.90. The summed E-state index contributed by atoms with van der Waals surface area (Å²) in [5, 5.41) is 13.0. The monoisotopic (exact) mass is 397 g/mol. The summed E-state index contributed by atoms with van der Waals surface area (Å²) in [6.07, 6.45) is 0. The lowest BCUT2D eigenvalue weighted by Gasteiger charge is -2.03. The number of guanidine groups is 1. The summed E-state index contributed by atoms with van der Waals surface area (Å²) in [5.74, 6) is -0.523. The van der Waals surface area contributed by atoms with Gasteiger partial charge in [-0.3, -0.25) is 0 Å². The summed E-state index contributed by atoms with van der Waals surface area (Å²) in [6.45, 7) is 3.76. The molecule has 10 heteroatoms. The molecule has 9 nitrogen and oxygen atoms in total. The fourth-order valence-electron chi connectivity index (χ4n) is 2.58. The number of nitrogens with two attached hydrogens (primary N) is 2. The molecule has 0 fully saturated rings. The number of azo groups is 1. The van der Waals surface area contributed by atoms with Crippen molar-refractivity contribution < 1.29 is 8.42 Å². The lowest BCUT2D eigenvalue weighted by molar-refractivity contribution is 0.598. The van der Waals surface area contributed by atoms with Gasteiger partial charge in [-0.2, -0.15) is 18.6 Å². The number of aromatic nitrogens is 2. The lowest BCUT2D eigenvalue weighted by Crippen LogP contribution is -2.24. The topological polar surface area (TPSA) is 141 Å². The Kier molecular flexibility index (Phi) is 5.23. The predicted octanol–water partition coefficient (Wildman–Crippen LogP) is 2.87. The molecule has 3 aromatic rings. The van der Waals surface area contributed by atoms with Gasteiger partial charge < -0.3 is 11.5 Å². The van der Waals surface area contributed by atoms with E-state index in [1.54, 1.807) is 4.68 Å². The van der Waals surface area contributed by atoms with Crippen LogP contribution in [-0.2, 0) is 10.0 Å². The van der Waals surface area contributed by atoms with E-state index in [0.717, 1.165) is 17.1 Å². The Hall–Kier alpha value is -3.53. The molecule has 1 aromatic heterocycles. The second-order valence-corrected chi connectivity index (χ2v) is 7.56. The highest BCUT2D eigenvalue weighted by Gasteiger charge is 2.14. The number of aryl methyl sites for hydroxylation is 1. The zero-order chi connectivity index (χ0) is 20.3. The zero-order valence-electron chi connectivity index (χ0n) is 15.3. The molecule has 0 amide bonds. The van der Waals surface area contributed by atoms with Gasteiger partial charge in [0.25, 0.3) is 10.0 Å². The van der Waals surface area contributed by atoms with Crippen LogP contribution in [0, 0.1) is 13.8 Å². The Morgan fingerprint density at radius 2 is 1.61 bits per heavy atom. The van der Waals surface area contributed by atoms with E-state index in [1.807, 2.05) is 44.2 Å². The van der Waals surface area contributed by atoms with Gasteiger partial charge in [0.1, 0.15) is 5.69 Å². The number of sulfonamides is 1. The molecule has 0 radical (unpaired) electrons. The first-order valence-corrected chi connectivity index (χ1v) is 9.71. The third-order valence-electron chi connectivity index (χ3n) is 3.88. The van der Waals surface area contributed by atoms with Gasteiger partial charge in [-0.1, -0.05) is 18.2 Å². The van der Waals surface area contributed by atoms with Gasteiger partial charge in [-0.05, 0) is 50.2 Å². The number of rotatable bonds is 5. The van der Waals surface area contributed by atoms with E-state index < -0.39 is 16.0 Å². The van der Waals surface area contributed by atoms with Crippen LogP contribution in [0.15, 0.2) is 74.1 Å². The van der Waals surface area contributed by atoms with Crippen molar-refractivity contribution in [3.05, 3.63) is 66.0 Å². The van der Waals surface area contributed by atoms with E-state index in [4.69, 9.17) is 11.5 Å². The van der Waals surface area contributed by atoms with E-state index in [-0.39, 0.29) is 4.90 Å². The first kappa shape index (κ1) is 19.2. The molecular weight excluding hydrogens is 378 g/mol. The standard InChI is InChI=1S/C18H19N7O2S/c1-12-17(13(2)25(23-12)15-6-4-3-5-7-15)22-21-14-8-10-16(11-9-14)28(26,27)24-18(19)20/h3-11H,1-2H3,(H4,19,20,24). The summed E-state index contributed by atoms with van der Waals surface area (Å²) in [6, 6.07) is 15.5. The van der Waals surface area contributed by atoms with Crippen LogP contribution >= 0.6 is 0 Å². The number of para-hydroxylation sites is 1. The van der Waals surface area contributed by atoms with Crippen molar-refractivity contribution in [1.82, 2.24) is 9.78 Å². The second-order valence-electron chi connectivity index (χ2n) is 5.95. The maximum Gasteiger partial charge on any atom is 0.285 e. The van der Waals surface area contributed by atoms with Gasteiger partial charge in [0, 0.05) is 0 Å². The van der Waals surface area contributed by atoms with Gasteiger partial charge >= 0.3 is 0 Å². The minimum Gasteiger partial charge on any atom is -0.369 e. The smallest absolute Gasteiger partial charge is 0.285 e. The van der Waals surface area contributed by atoms with Gasteiger partial charge in [0.05, 0.1) is 27.7 Å². The molecule has 3 rings (SSSR count). The molecule has 0 unspecified atom stereocenters. The molecule has 4 N–H and O–H groups in total. The first-order valence-electron chi connectivity index (χ1n) is 8.27. The predicted molar refractivity (Wildman–Crippen MR) is 107 cm³/mol. The van der Waals surface area contributed by atoms with Crippen molar-refractivity contribution in [2.75, 3.05) is 0 Å².